The molecule has 0 radical (unpaired) electrons. The van der Waals surface area contributed by atoms with Crippen molar-refractivity contribution < 1.29 is 14.3 Å². The standard InChI is InChI=1S/C17H23N3O3.ClH/c18-16(12-7-10-23-11-8-12)17(22)19-13-3-5-14(6-4-13)20-9-1-2-15(20)21;/h3-6,12,16H,1-2,7-11,18H2,(H,19,22);1H. The quantitative estimate of drug-likeness (QED) is 0.866. The van der Waals surface area contributed by atoms with Crippen molar-refractivity contribution in [3.63, 3.8) is 0 Å². The second-order valence-corrected chi connectivity index (χ2v) is 6.16. The number of rotatable bonds is 4. The van der Waals surface area contributed by atoms with E-state index in [0.29, 0.717) is 25.3 Å². The molecule has 1 unspecified atom stereocenters. The normalized spacial score (nSPS) is 19.7. The van der Waals surface area contributed by atoms with E-state index in [1.807, 2.05) is 24.3 Å². The molecule has 7 heteroatoms. The number of nitrogens with two attached hydrogens (primary N) is 1. The molecular formula is C17H24ClN3O3. The Bertz CT molecular complexity index is 573. The topological polar surface area (TPSA) is 84.7 Å². The molecule has 2 aliphatic rings. The van der Waals surface area contributed by atoms with Gasteiger partial charge in [-0.1, -0.05) is 0 Å². The first-order chi connectivity index (χ1) is 11.1. The van der Waals surface area contributed by atoms with Crippen LogP contribution in [0.3, 0.4) is 0 Å². The van der Waals surface area contributed by atoms with E-state index in [0.717, 1.165) is 31.5 Å². The highest BCUT2D eigenvalue weighted by molar-refractivity contribution is 5.97. The number of carbonyl (C=O) groups excluding carboxylic acids is 2. The third-order valence-electron chi connectivity index (χ3n) is 4.60. The van der Waals surface area contributed by atoms with Gasteiger partial charge in [0, 0.05) is 37.6 Å². The molecule has 2 aliphatic heterocycles. The van der Waals surface area contributed by atoms with Gasteiger partial charge in [-0.2, -0.15) is 0 Å². The van der Waals surface area contributed by atoms with Crippen LogP contribution in [0.15, 0.2) is 24.3 Å². The first-order valence-electron chi connectivity index (χ1n) is 8.20. The van der Waals surface area contributed by atoms with Gasteiger partial charge in [0.1, 0.15) is 0 Å². The third kappa shape index (κ3) is 4.26. The fourth-order valence-corrected chi connectivity index (χ4v) is 3.16. The zero-order valence-corrected chi connectivity index (χ0v) is 14.4. The number of carbonyl (C=O) groups is 2. The zero-order chi connectivity index (χ0) is 16.2. The van der Waals surface area contributed by atoms with Crippen LogP contribution < -0.4 is 16.0 Å². The van der Waals surface area contributed by atoms with Crippen LogP contribution >= 0.6 is 12.4 Å². The first-order valence-corrected chi connectivity index (χ1v) is 8.20. The number of hydrogen-bond donors (Lipinski definition) is 2. The van der Waals surface area contributed by atoms with Crippen molar-refractivity contribution in [3.8, 4) is 0 Å². The second-order valence-electron chi connectivity index (χ2n) is 6.16. The Labute approximate surface area is 148 Å². The number of hydrogen-bond acceptors (Lipinski definition) is 4. The van der Waals surface area contributed by atoms with E-state index in [-0.39, 0.29) is 30.1 Å². The lowest BCUT2D eigenvalue weighted by Gasteiger charge is -2.26. The number of halogens is 1. The van der Waals surface area contributed by atoms with Crippen LogP contribution in [0.25, 0.3) is 0 Å². The molecule has 2 fully saturated rings. The lowest BCUT2D eigenvalue weighted by atomic mass is 9.92. The van der Waals surface area contributed by atoms with Crippen molar-refractivity contribution >= 4 is 35.6 Å². The van der Waals surface area contributed by atoms with Gasteiger partial charge in [0.25, 0.3) is 0 Å². The summed E-state index contributed by atoms with van der Waals surface area (Å²) in [6, 6.07) is 6.83. The summed E-state index contributed by atoms with van der Waals surface area (Å²) in [4.78, 5) is 25.8. The van der Waals surface area contributed by atoms with E-state index in [9.17, 15) is 9.59 Å². The van der Waals surface area contributed by atoms with Crippen molar-refractivity contribution in [1.29, 1.82) is 0 Å². The minimum atomic E-state index is -0.515. The van der Waals surface area contributed by atoms with Crippen LogP contribution in [0.2, 0.25) is 0 Å². The number of anilines is 2. The highest BCUT2D eigenvalue weighted by atomic mass is 35.5. The maximum Gasteiger partial charge on any atom is 0.241 e. The summed E-state index contributed by atoms with van der Waals surface area (Å²) in [5.74, 6) is 0.162. The van der Waals surface area contributed by atoms with Gasteiger partial charge < -0.3 is 20.7 Å². The van der Waals surface area contributed by atoms with Crippen molar-refractivity contribution in [3.05, 3.63) is 24.3 Å². The third-order valence-corrected chi connectivity index (χ3v) is 4.60. The molecule has 2 amide bonds. The largest absolute Gasteiger partial charge is 0.381 e. The maximum atomic E-state index is 12.3. The van der Waals surface area contributed by atoms with E-state index in [2.05, 4.69) is 5.32 Å². The summed E-state index contributed by atoms with van der Waals surface area (Å²) in [5, 5.41) is 2.86. The van der Waals surface area contributed by atoms with Crippen molar-refractivity contribution in [2.75, 3.05) is 30.0 Å². The highest BCUT2D eigenvalue weighted by Crippen LogP contribution is 2.24. The average molecular weight is 354 g/mol. The molecule has 1 aromatic carbocycles. The van der Waals surface area contributed by atoms with Gasteiger partial charge in [0.15, 0.2) is 0 Å². The van der Waals surface area contributed by atoms with Crippen LogP contribution in [0.1, 0.15) is 25.7 Å². The van der Waals surface area contributed by atoms with Crippen LogP contribution in [0.5, 0.6) is 0 Å². The molecule has 3 N–H and O–H groups in total. The number of amides is 2. The summed E-state index contributed by atoms with van der Waals surface area (Å²) in [5.41, 5.74) is 7.64. The van der Waals surface area contributed by atoms with Crippen LogP contribution in [-0.2, 0) is 14.3 Å². The fraction of sp³-hybridized carbons (Fsp3) is 0.529. The van der Waals surface area contributed by atoms with Crippen molar-refractivity contribution in [1.82, 2.24) is 0 Å². The molecule has 0 saturated carbocycles. The van der Waals surface area contributed by atoms with E-state index in [1.165, 1.54) is 0 Å². The monoisotopic (exact) mass is 353 g/mol. The Morgan fingerprint density at radius 2 is 1.92 bits per heavy atom. The Morgan fingerprint density at radius 3 is 2.50 bits per heavy atom. The van der Waals surface area contributed by atoms with Gasteiger partial charge in [-0.15, -0.1) is 12.4 Å². The molecule has 132 valence electrons. The molecule has 6 nitrogen and oxygen atoms in total. The minimum absolute atomic E-state index is 0. The SMILES string of the molecule is Cl.NC(C(=O)Nc1ccc(N2CCCC2=O)cc1)C1CCOCC1. The number of nitrogens with zero attached hydrogens (tertiary/aromatic N) is 1. The van der Waals surface area contributed by atoms with Gasteiger partial charge in [-0.3, -0.25) is 9.59 Å². The Morgan fingerprint density at radius 1 is 1.25 bits per heavy atom. The van der Waals surface area contributed by atoms with Gasteiger partial charge in [0.2, 0.25) is 11.8 Å². The summed E-state index contributed by atoms with van der Waals surface area (Å²) in [7, 11) is 0. The molecule has 0 aliphatic carbocycles. The maximum absolute atomic E-state index is 12.3. The fourth-order valence-electron chi connectivity index (χ4n) is 3.16. The molecular weight excluding hydrogens is 330 g/mol. The van der Waals surface area contributed by atoms with Gasteiger partial charge >= 0.3 is 0 Å². The van der Waals surface area contributed by atoms with E-state index in [4.69, 9.17) is 10.5 Å². The minimum Gasteiger partial charge on any atom is -0.381 e. The first kappa shape index (κ1) is 18.7. The predicted octanol–water partition coefficient (Wildman–Crippen LogP) is 1.93. The average Bonchev–Trinajstić information content (AvgIpc) is 3.01. The second kappa shape index (κ2) is 8.46. The number of ether oxygens (including phenoxy) is 1. The molecule has 24 heavy (non-hydrogen) atoms. The van der Waals surface area contributed by atoms with Gasteiger partial charge in [-0.05, 0) is 49.4 Å². The summed E-state index contributed by atoms with van der Waals surface area (Å²) < 4.78 is 5.30. The zero-order valence-electron chi connectivity index (χ0n) is 13.6. The van der Waals surface area contributed by atoms with Gasteiger partial charge in [0.05, 0.1) is 6.04 Å². The van der Waals surface area contributed by atoms with Crippen LogP contribution in [0.4, 0.5) is 11.4 Å². The molecule has 1 atom stereocenters. The molecule has 3 rings (SSSR count). The summed E-state index contributed by atoms with van der Waals surface area (Å²) in [6.07, 6.45) is 3.16. The van der Waals surface area contributed by atoms with Crippen LogP contribution in [0, 0.1) is 5.92 Å². The molecule has 0 spiro atoms. The number of nitrogens with one attached hydrogen (secondary N) is 1. The Balaban J connectivity index is 0.00000208. The summed E-state index contributed by atoms with van der Waals surface area (Å²) in [6.45, 7) is 2.10. The molecule has 2 heterocycles. The highest BCUT2D eigenvalue weighted by Gasteiger charge is 2.26. The molecule has 0 aromatic heterocycles. The van der Waals surface area contributed by atoms with E-state index >= 15 is 0 Å². The van der Waals surface area contributed by atoms with Crippen molar-refractivity contribution in [2.24, 2.45) is 11.7 Å². The Hall–Kier alpha value is -1.63. The predicted molar refractivity (Wildman–Crippen MR) is 95.4 cm³/mol. The molecule has 0 bridgehead atoms. The smallest absolute Gasteiger partial charge is 0.241 e. The van der Waals surface area contributed by atoms with E-state index < -0.39 is 6.04 Å². The number of benzene rings is 1. The Kier molecular flexibility index (Phi) is 6.60. The van der Waals surface area contributed by atoms with E-state index in [1.54, 1.807) is 4.90 Å². The van der Waals surface area contributed by atoms with Crippen molar-refractivity contribution in [2.45, 2.75) is 31.7 Å². The summed E-state index contributed by atoms with van der Waals surface area (Å²) >= 11 is 0. The lowest BCUT2D eigenvalue weighted by Crippen LogP contribution is -2.44. The molecule has 2 saturated heterocycles. The lowest BCUT2D eigenvalue weighted by molar-refractivity contribution is -0.119. The van der Waals surface area contributed by atoms with Gasteiger partial charge in [-0.25, -0.2) is 0 Å². The van der Waals surface area contributed by atoms with Crippen LogP contribution in [-0.4, -0.2) is 37.6 Å². The molecule has 1 aromatic rings.